The molecule has 0 bridgehead atoms. The Kier molecular flexibility index (Phi) is 9.06. The number of hydrogen-bond acceptors (Lipinski definition) is 6. The van der Waals surface area contributed by atoms with E-state index < -0.39 is 28.0 Å². The highest BCUT2D eigenvalue weighted by Gasteiger charge is 2.25. The number of carbonyl (C=O) groups excluding carboxylic acids is 2. The zero-order valence-corrected chi connectivity index (χ0v) is 18.2. The van der Waals surface area contributed by atoms with Crippen LogP contribution >= 0.6 is 11.6 Å². The Morgan fingerprint density at radius 1 is 1.13 bits per heavy atom. The van der Waals surface area contributed by atoms with E-state index in [9.17, 15) is 18.0 Å². The number of halogens is 1. The number of carbonyl (C=O) groups is 2. The second-order valence-corrected chi connectivity index (χ2v) is 8.45. The highest BCUT2D eigenvalue weighted by atomic mass is 35.5. The first-order chi connectivity index (χ1) is 14.8. The third-order valence-corrected chi connectivity index (χ3v) is 5.99. The maximum absolute atomic E-state index is 12.5. The molecule has 31 heavy (non-hydrogen) atoms. The van der Waals surface area contributed by atoms with Gasteiger partial charge in [-0.3, -0.25) is 10.0 Å². The lowest BCUT2D eigenvalue weighted by Gasteiger charge is -2.17. The monoisotopic (exact) mass is 470 g/mol. The Morgan fingerprint density at radius 2 is 1.81 bits per heavy atom. The molecule has 168 valence electrons. The van der Waals surface area contributed by atoms with Gasteiger partial charge < -0.3 is 15.4 Å². The van der Waals surface area contributed by atoms with Gasteiger partial charge in [0.25, 0.3) is 5.91 Å². The van der Waals surface area contributed by atoms with E-state index in [1.165, 1.54) is 36.9 Å². The Bertz CT molecular complexity index is 1000. The second kappa shape index (κ2) is 11.5. The molecule has 2 aromatic rings. The van der Waals surface area contributed by atoms with Crippen molar-refractivity contribution >= 4 is 39.2 Å². The van der Waals surface area contributed by atoms with Gasteiger partial charge in [0.1, 0.15) is 11.8 Å². The Hall–Kier alpha value is -2.86. The van der Waals surface area contributed by atoms with E-state index in [0.717, 1.165) is 0 Å². The molecule has 12 heteroatoms. The molecule has 2 aromatic carbocycles. The van der Waals surface area contributed by atoms with Crippen LogP contribution < -0.4 is 25.6 Å². The van der Waals surface area contributed by atoms with Crippen molar-refractivity contribution in [1.29, 1.82) is 0 Å². The fourth-order valence-electron chi connectivity index (χ4n) is 2.57. The molecule has 0 aliphatic rings. The van der Waals surface area contributed by atoms with E-state index in [1.807, 2.05) is 0 Å². The number of para-hydroxylation sites is 1. The van der Waals surface area contributed by atoms with Gasteiger partial charge in [-0.05, 0) is 49.2 Å². The summed E-state index contributed by atoms with van der Waals surface area (Å²) in [7, 11) is -2.58. The number of urea groups is 1. The number of methoxy groups -OCH3 is 1. The van der Waals surface area contributed by atoms with Crippen LogP contribution in [0.2, 0.25) is 5.02 Å². The maximum Gasteiger partial charge on any atom is 0.319 e. The van der Waals surface area contributed by atoms with Gasteiger partial charge in [-0.1, -0.05) is 23.7 Å². The standard InChI is InChI=1S/C19H23ClN4O6S/c1-30-13-8-10-14(11-9-13)31(28,29)24-17(18(25)23-27)7-4-12-21-19(26)22-16-6-3-2-5-15(16)20/h2-3,5-6,8-11,17,24,27H,4,7,12H2,1H3,(H,23,25)(H2,21,22,26). The van der Waals surface area contributed by atoms with Gasteiger partial charge in [0, 0.05) is 6.54 Å². The lowest BCUT2D eigenvalue weighted by atomic mass is 10.1. The first-order valence-corrected chi connectivity index (χ1v) is 11.0. The molecule has 0 heterocycles. The van der Waals surface area contributed by atoms with Gasteiger partial charge in [0.05, 0.1) is 22.7 Å². The third-order valence-electron chi connectivity index (χ3n) is 4.17. The molecule has 5 N–H and O–H groups in total. The number of amides is 3. The molecule has 0 spiro atoms. The average Bonchev–Trinajstić information content (AvgIpc) is 2.76. The summed E-state index contributed by atoms with van der Waals surface area (Å²) in [4.78, 5) is 23.8. The summed E-state index contributed by atoms with van der Waals surface area (Å²) < 4.78 is 32.3. The maximum atomic E-state index is 12.5. The van der Waals surface area contributed by atoms with Crippen LogP contribution in [0.5, 0.6) is 5.75 Å². The summed E-state index contributed by atoms with van der Waals surface area (Å²) in [5.41, 5.74) is 1.88. The van der Waals surface area contributed by atoms with Gasteiger partial charge in [-0.2, -0.15) is 4.72 Å². The predicted molar refractivity (Wildman–Crippen MR) is 115 cm³/mol. The molecule has 10 nitrogen and oxygen atoms in total. The smallest absolute Gasteiger partial charge is 0.319 e. The van der Waals surface area contributed by atoms with Crippen LogP contribution in [-0.4, -0.2) is 45.3 Å². The molecule has 0 radical (unpaired) electrons. The minimum absolute atomic E-state index is 0.0220. The van der Waals surface area contributed by atoms with Gasteiger partial charge in [-0.25, -0.2) is 18.7 Å². The molecule has 0 saturated heterocycles. The van der Waals surface area contributed by atoms with Crippen molar-refractivity contribution in [3.05, 3.63) is 53.6 Å². The number of nitrogens with one attached hydrogen (secondary N) is 4. The third kappa shape index (κ3) is 7.40. The molecule has 2 rings (SSSR count). The van der Waals surface area contributed by atoms with Gasteiger partial charge in [-0.15, -0.1) is 0 Å². The summed E-state index contributed by atoms with van der Waals surface area (Å²) in [6, 6.07) is 10.6. The van der Waals surface area contributed by atoms with Crippen LogP contribution in [0.4, 0.5) is 10.5 Å². The first-order valence-electron chi connectivity index (χ1n) is 9.16. The molecule has 1 atom stereocenters. The van der Waals surface area contributed by atoms with Crippen molar-refractivity contribution in [3.63, 3.8) is 0 Å². The van der Waals surface area contributed by atoms with Crippen molar-refractivity contribution in [2.24, 2.45) is 0 Å². The van der Waals surface area contributed by atoms with Crippen molar-refractivity contribution in [3.8, 4) is 5.75 Å². The fraction of sp³-hybridized carbons (Fsp3) is 0.263. The van der Waals surface area contributed by atoms with Crippen LogP contribution in [-0.2, 0) is 14.8 Å². The number of sulfonamides is 1. The van der Waals surface area contributed by atoms with Crippen molar-refractivity contribution in [2.75, 3.05) is 19.0 Å². The van der Waals surface area contributed by atoms with Crippen LogP contribution in [0.25, 0.3) is 0 Å². The number of anilines is 1. The minimum Gasteiger partial charge on any atom is -0.497 e. The highest BCUT2D eigenvalue weighted by molar-refractivity contribution is 7.89. The largest absolute Gasteiger partial charge is 0.497 e. The molecule has 0 fully saturated rings. The topological polar surface area (TPSA) is 146 Å². The zero-order chi connectivity index (χ0) is 22.9. The Labute approximate surface area is 184 Å². The SMILES string of the molecule is COc1ccc(S(=O)(=O)NC(CCCNC(=O)Nc2ccccc2Cl)C(=O)NO)cc1. The summed E-state index contributed by atoms with van der Waals surface area (Å²) >= 11 is 5.97. The van der Waals surface area contributed by atoms with E-state index in [4.69, 9.17) is 21.5 Å². The molecule has 1 unspecified atom stereocenters. The number of benzene rings is 2. The Balaban J connectivity index is 1.90. The summed E-state index contributed by atoms with van der Waals surface area (Å²) in [6.45, 7) is 0.149. The fourth-order valence-corrected chi connectivity index (χ4v) is 3.98. The molecular weight excluding hydrogens is 448 g/mol. The number of hydroxylamine groups is 1. The van der Waals surface area contributed by atoms with Crippen molar-refractivity contribution in [2.45, 2.75) is 23.8 Å². The lowest BCUT2D eigenvalue weighted by Crippen LogP contribution is -2.46. The summed E-state index contributed by atoms with van der Waals surface area (Å²) in [5, 5.41) is 14.5. The second-order valence-electron chi connectivity index (χ2n) is 6.33. The number of rotatable bonds is 10. The van der Waals surface area contributed by atoms with Crippen LogP contribution in [0.3, 0.4) is 0 Å². The number of ether oxygens (including phenoxy) is 1. The predicted octanol–water partition coefficient (Wildman–Crippen LogP) is 2.10. The van der Waals surface area contributed by atoms with E-state index in [2.05, 4.69) is 15.4 Å². The normalized spacial score (nSPS) is 12.0. The van der Waals surface area contributed by atoms with Crippen molar-refractivity contribution < 1.29 is 28.0 Å². The summed E-state index contributed by atoms with van der Waals surface area (Å²) in [5.74, 6) is -0.442. The molecular formula is C19H23ClN4O6S. The minimum atomic E-state index is -4.03. The van der Waals surface area contributed by atoms with E-state index >= 15 is 0 Å². The van der Waals surface area contributed by atoms with Crippen LogP contribution in [0.1, 0.15) is 12.8 Å². The zero-order valence-electron chi connectivity index (χ0n) is 16.6. The average molecular weight is 471 g/mol. The van der Waals surface area contributed by atoms with E-state index in [-0.39, 0.29) is 24.3 Å². The molecule has 0 aromatic heterocycles. The van der Waals surface area contributed by atoms with Crippen LogP contribution in [0.15, 0.2) is 53.4 Å². The van der Waals surface area contributed by atoms with Crippen LogP contribution in [0, 0.1) is 0 Å². The first kappa shape index (κ1) is 24.4. The quantitative estimate of drug-likeness (QED) is 0.204. The molecule has 0 aliphatic carbocycles. The van der Waals surface area contributed by atoms with E-state index in [0.29, 0.717) is 16.5 Å². The Morgan fingerprint density at radius 3 is 2.42 bits per heavy atom. The van der Waals surface area contributed by atoms with Gasteiger partial charge in [0.2, 0.25) is 10.0 Å². The molecule has 0 saturated carbocycles. The molecule has 3 amide bonds. The summed E-state index contributed by atoms with van der Waals surface area (Å²) in [6.07, 6.45) is 0.271. The van der Waals surface area contributed by atoms with Gasteiger partial charge >= 0.3 is 6.03 Å². The number of hydrogen-bond donors (Lipinski definition) is 5. The van der Waals surface area contributed by atoms with Gasteiger partial charge in [0.15, 0.2) is 0 Å². The van der Waals surface area contributed by atoms with E-state index in [1.54, 1.807) is 24.3 Å². The lowest BCUT2D eigenvalue weighted by molar-refractivity contribution is -0.131. The highest BCUT2D eigenvalue weighted by Crippen LogP contribution is 2.20. The van der Waals surface area contributed by atoms with Crippen molar-refractivity contribution in [1.82, 2.24) is 15.5 Å². The molecule has 0 aliphatic heterocycles.